The van der Waals surface area contributed by atoms with Crippen LogP contribution in [0.5, 0.6) is 0 Å². The summed E-state index contributed by atoms with van der Waals surface area (Å²) in [5.74, 6) is 0.536. The number of para-hydroxylation sites is 2. The third kappa shape index (κ3) is 4.00. The monoisotopic (exact) mass is 418 g/mol. The lowest BCUT2D eigenvalue weighted by Crippen LogP contribution is -2.42. The van der Waals surface area contributed by atoms with Crippen LogP contribution >= 0.6 is 23.2 Å². The molecule has 3 N–H and O–H groups in total. The van der Waals surface area contributed by atoms with E-state index in [0.717, 1.165) is 16.6 Å². The molecule has 1 saturated heterocycles. The zero-order valence-corrected chi connectivity index (χ0v) is 16.5. The lowest BCUT2D eigenvalue weighted by Gasteiger charge is -2.24. The number of H-pyrrole nitrogens is 1. The summed E-state index contributed by atoms with van der Waals surface area (Å²) in [5.41, 5.74) is 2.55. The summed E-state index contributed by atoms with van der Waals surface area (Å²) in [4.78, 5) is 22.3. The van der Waals surface area contributed by atoms with Crippen molar-refractivity contribution in [1.82, 2.24) is 20.2 Å². The first-order valence-corrected chi connectivity index (χ1v) is 9.83. The summed E-state index contributed by atoms with van der Waals surface area (Å²) in [6, 6.07) is 12.6. The van der Waals surface area contributed by atoms with E-state index in [1.54, 1.807) is 18.2 Å². The number of carbonyl (C=O) groups is 1. The van der Waals surface area contributed by atoms with E-state index in [0.29, 0.717) is 41.9 Å². The molecule has 4 rings (SSSR count). The number of rotatable bonds is 5. The van der Waals surface area contributed by atoms with Crippen LogP contribution in [-0.4, -0.2) is 44.6 Å². The van der Waals surface area contributed by atoms with Crippen LogP contribution in [0.25, 0.3) is 11.0 Å². The van der Waals surface area contributed by atoms with Crippen LogP contribution in [0.15, 0.2) is 42.5 Å². The van der Waals surface area contributed by atoms with E-state index in [-0.39, 0.29) is 5.91 Å². The molecule has 0 saturated carbocycles. The third-order valence-corrected chi connectivity index (χ3v) is 5.68. The lowest BCUT2D eigenvalue weighted by atomic mass is 10.1. The summed E-state index contributed by atoms with van der Waals surface area (Å²) in [6.07, 6.45) is -0.197. The number of likely N-dealkylation sites (tertiary alicyclic amines) is 1. The summed E-state index contributed by atoms with van der Waals surface area (Å²) >= 11 is 12.5. The summed E-state index contributed by atoms with van der Waals surface area (Å²) < 4.78 is 0. The van der Waals surface area contributed by atoms with Crippen LogP contribution in [0.1, 0.15) is 17.8 Å². The molecule has 0 aliphatic carbocycles. The van der Waals surface area contributed by atoms with E-state index in [4.69, 9.17) is 23.2 Å². The fraction of sp³-hybridized carbons (Fsp3) is 0.300. The average Bonchev–Trinajstić information content (AvgIpc) is 3.25. The third-order valence-electron chi connectivity index (χ3n) is 4.98. The van der Waals surface area contributed by atoms with Gasteiger partial charge in [-0.05, 0) is 30.7 Å². The predicted molar refractivity (Wildman–Crippen MR) is 109 cm³/mol. The van der Waals surface area contributed by atoms with Gasteiger partial charge in [-0.1, -0.05) is 41.4 Å². The highest BCUT2D eigenvalue weighted by Crippen LogP contribution is 2.29. The second-order valence-corrected chi connectivity index (χ2v) is 7.77. The molecule has 8 heteroatoms. The topological polar surface area (TPSA) is 81.2 Å². The maximum Gasteiger partial charge on any atom is 0.237 e. The second-order valence-electron chi connectivity index (χ2n) is 6.95. The standard InChI is InChI=1S/C20H20Cl2N4O2/c21-14-4-3-5-15(22)13(14)11-26-10-12(27)8-18(26)20(28)23-9-19-24-16-6-1-2-7-17(16)25-19/h1-7,12,18,27H,8-11H2,(H,23,28)(H,24,25). The molecule has 2 atom stereocenters. The number of aromatic nitrogens is 2. The van der Waals surface area contributed by atoms with Gasteiger partial charge < -0.3 is 15.4 Å². The molecule has 0 spiro atoms. The van der Waals surface area contributed by atoms with Crippen molar-refractivity contribution in [3.8, 4) is 0 Å². The van der Waals surface area contributed by atoms with E-state index in [9.17, 15) is 9.90 Å². The van der Waals surface area contributed by atoms with Crippen LogP contribution in [0.2, 0.25) is 10.0 Å². The highest BCUT2D eigenvalue weighted by Gasteiger charge is 2.36. The number of hydrogen-bond acceptors (Lipinski definition) is 4. The number of benzene rings is 2. The van der Waals surface area contributed by atoms with Crippen molar-refractivity contribution in [2.75, 3.05) is 6.54 Å². The van der Waals surface area contributed by atoms with E-state index in [1.807, 2.05) is 29.2 Å². The Labute approximate surface area is 172 Å². The molecule has 0 bridgehead atoms. The minimum absolute atomic E-state index is 0.153. The van der Waals surface area contributed by atoms with Crippen molar-refractivity contribution < 1.29 is 9.90 Å². The summed E-state index contributed by atoms with van der Waals surface area (Å²) in [7, 11) is 0. The highest BCUT2D eigenvalue weighted by molar-refractivity contribution is 6.35. The quantitative estimate of drug-likeness (QED) is 0.594. The Morgan fingerprint density at radius 1 is 1.21 bits per heavy atom. The molecule has 1 fully saturated rings. The average molecular weight is 419 g/mol. The normalized spacial score (nSPS) is 20.0. The molecule has 146 valence electrons. The zero-order valence-electron chi connectivity index (χ0n) is 15.0. The minimum atomic E-state index is -0.566. The molecule has 28 heavy (non-hydrogen) atoms. The van der Waals surface area contributed by atoms with Crippen LogP contribution in [0, 0.1) is 0 Å². The number of aliphatic hydroxyl groups is 1. The van der Waals surface area contributed by atoms with Crippen molar-refractivity contribution in [2.45, 2.75) is 31.7 Å². The Morgan fingerprint density at radius 3 is 2.71 bits per heavy atom. The maximum atomic E-state index is 12.8. The number of amides is 1. The van der Waals surface area contributed by atoms with E-state index >= 15 is 0 Å². The number of imidazole rings is 1. The number of carbonyl (C=O) groups excluding carboxylic acids is 1. The molecule has 6 nitrogen and oxygen atoms in total. The number of aliphatic hydroxyl groups excluding tert-OH is 1. The maximum absolute atomic E-state index is 12.8. The number of nitrogens with zero attached hydrogens (tertiary/aromatic N) is 2. The minimum Gasteiger partial charge on any atom is -0.392 e. The van der Waals surface area contributed by atoms with E-state index < -0.39 is 12.1 Å². The molecule has 1 aliphatic heterocycles. The lowest BCUT2D eigenvalue weighted by molar-refractivity contribution is -0.125. The number of halogens is 2. The van der Waals surface area contributed by atoms with Gasteiger partial charge in [-0.15, -0.1) is 0 Å². The first-order chi connectivity index (χ1) is 13.5. The Hall–Kier alpha value is -2.12. The molecule has 1 aromatic heterocycles. The highest BCUT2D eigenvalue weighted by atomic mass is 35.5. The van der Waals surface area contributed by atoms with Crippen LogP contribution < -0.4 is 5.32 Å². The molecule has 1 aliphatic rings. The van der Waals surface area contributed by atoms with Gasteiger partial charge in [0.15, 0.2) is 0 Å². The first kappa shape index (κ1) is 19.2. The fourth-order valence-electron chi connectivity index (χ4n) is 3.59. The Bertz CT molecular complexity index is 954. The Kier molecular flexibility index (Phi) is 5.55. The van der Waals surface area contributed by atoms with Crippen molar-refractivity contribution in [1.29, 1.82) is 0 Å². The van der Waals surface area contributed by atoms with Crippen LogP contribution in [0.3, 0.4) is 0 Å². The van der Waals surface area contributed by atoms with Crippen molar-refractivity contribution in [2.24, 2.45) is 0 Å². The van der Waals surface area contributed by atoms with Gasteiger partial charge in [-0.2, -0.15) is 0 Å². The molecule has 2 aromatic carbocycles. The molecular weight excluding hydrogens is 399 g/mol. The number of β-amino-alcohol motifs (C(OH)–C–C–N with tert-alkyl or cyclic N) is 1. The largest absolute Gasteiger partial charge is 0.392 e. The van der Waals surface area contributed by atoms with Gasteiger partial charge in [-0.25, -0.2) is 4.98 Å². The molecule has 2 unspecified atom stereocenters. The smallest absolute Gasteiger partial charge is 0.237 e. The van der Waals surface area contributed by atoms with Gasteiger partial charge in [0.2, 0.25) is 5.91 Å². The Balaban J connectivity index is 1.44. The second kappa shape index (κ2) is 8.09. The van der Waals surface area contributed by atoms with Gasteiger partial charge in [-0.3, -0.25) is 9.69 Å². The number of nitrogens with one attached hydrogen (secondary N) is 2. The molecule has 3 aromatic rings. The van der Waals surface area contributed by atoms with Crippen LogP contribution in [0.4, 0.5) is 0 Å². The van der Waals surface area contributed by atoms with E-state index in [2.05, 4.69) is 15.3 Å². The molecule has 1 amide bonds. The van der Waals surface area contributed by atoms with Crippen molar-refractivity contribution in [3.63, 3.8) is 0 Å². The zero-order chi connectivity index (χ0) is 19.7. The van der Waals surface area contributed by atoms with Gasteiger partial charge in [0.05, 0.1) is 29.7 Å². The van der Waals surface area contributed by atoms with Crippen LogP contribution in [-0.2, 0) is 17.9 Å². The molecule has 2 heterocycles. The molecular formula is C20H20Cl2N4O2. The summed E-state index contributed by atoms with van der Waals surface area (Å²) in [5, 5.41) is 14.1. The number of hydrogen-bond donors (Lipinski definition) is 3. The fourth-order valence-corrected chi connectivity index (χ4v) is 4.11. The van der Waals surface area contributed by atoms with Gasteiger partial charge in [0.25, 0.3) is 0 Å². The SMILES string of the molecule is O=C(NCc1nc2ccccc2[nH]1)C1CC(O)CN1Cc1c(Cl)cccc1Cl. The van der Waals surface area contributed by atoms with Crippen molar-refractivity contribution in [3.05, 3.63) is 63.9 Å². The summed E-state index contributed by atoms with van der Waals surface area (Å²) in [6.45, 7) is 1.09. The van der Waals surface area contributed by atoms with Crippen molar-refractivity contribution >= 4 is 40.1 Å². The van der Waals surface area contributed by atoms with Gasteiger partial charge in [0, 0.05) is 28.7 Å². The Morgan fingerprint density at radius 2 is 1.96 bits per heavy atom. The number of fused-ring (bicyclic) bond motifs is 1. The number of aromatic amines is 1. The first-order valence-electron chi connectivity index (χ1n) is 9.07. The van der Waals surface area contributed by atoms with E-state index in [1.165, 1.54) is 0 Å². The molecule has 0 radical (unpaired) electrons. The van der Waals surface area contributed by atoms with Gasteiger partial charge in [0.1, 0.15) is 5.82 Å². The van der Waals surface area contributed by atoms with Gasteiger partial charge >= 0.3 is 0 Å². The predicted octanol–water partition coefficient (Wildman–Crippen LogP) is 3.12.